The van der Waals surface area contributed by atoms with Crippen LogP contribution in [0.3, 0.4) is 0 Å². The van der Waals surface area contributed by atoms with Gasteiger partial charge in [0.05, 0.1) is 0 Å². The first-order valence-electron chi connectivity index (χ1n) is 3.10. The molecule has 0 aliphatic carbocycles. The van der Waals surface area contributed by atoms with Crippen molar-refractivity contribution in [3.8, 4) is 0 Å². The Kier molecular flexibility index (Phi) is 5.97. The maximum Gasteiger partial charge on any atom is 0.229 e. The van der Waals surface area contributed by atoms with Crippen LogP contribution in [-0.2, 0) is 14.3 Å². The molecule has 0 spiro atoms. The highest BCUT2D eigenvalue weighted by molar-refractivity contribution is 5.57. The predicted octanol–water partition coefficient (Wildman–Crippen LogP) is 0.391. The largest absolute Gasteiger partial charge is 0.373 e. The van der Waals surface area contributed by atoms with Crippen molar-refractivity contribution < 1.29 is 14.3 Å². The van der Waals surface area contributed by atoms with E-state index in [1.807, 2.05) is 0 Å². The fourth-order valence-electron chi connectivity index (χ4n) is 0.585. The molecule has 1 atom stereocenters. The first-order valence-corrected chi connectivity index (χ1v) is 3.10. The van der Waals surface area contributed by atoms with Crippen LogP contribution in [0.25, 0.3) is 0 Å². The molecule has 0 aliphatic rings. The summed E-state index contributed by atoms with van der Waals surface area (Å²) < 4.78 is 4.69. The molecule has 3 nitrogen and oxygen atoms in total. The van der Waals surface area contributed by atoms with Crippen molar-refractivity contribution in [2.45, 2.75) is 25.4 Å². The molecule has 0 aromatic rings. The highest BCUT2D eigenvalue weighted by Gasteiger charge is 2.04. The van der Waals surface area contributed by atoms with Gasteiger partial charge in [-0.2, -0.15) is 0 Å². The maximum absolute atomic E-state index is 9.98. The average Bonchev–Trinajstić information content (AvgIpc) is 1.99. The van der Waals surface area contributed by atoms with Crippen molar-refractivity contribution in [1.29, 1.82) is 0 Å². The van der Waals surface area contributed by atoms with Crippen LogP contribution >= 0.6 is 0 Å². The number of methoxy groups -OCH3 is 1. The lowest BCUT2D eigenvalue weighted by molar-refractivity contribution is 0.143. The third-order valence-electron chi connectivity index (χ3n) is 1.16. The van der Waals surface area contributed by atoms with Crippen LogP contribution in [0, 0.1) is 0 Å². The Morgan fingerprint density at radius 1 is 1.50 bits per heavy atom. The zero-order valence-corrected chi connectivity index (χ0v) is 5.92. The maximum atomic E-state index is 9.98. The lowest BCUT2D eigenvalue weighted by atomic mass is 10.2. The van der Waals surface area contributed by atoms with Crippen LogP contribution in [-0.4, -0.2) is 25.8 Å². The second kappa shape index (κ2) is 6.42. The van der Waals surface area contributed by atoms with Gasteiger partial charge in [-0.15, -0.1) is 0 Å². The van der Waals surface area contributed by atoms with E-state index >= 15 is 0 Å². The highest BCUT2D eigenvalue weighted by Crippen LogP contribution is 1.99. The predicted molar refractivity (Wildman–Crippen MR) is 36.0 cm³/mol. The monoisotopic (exact) mass is 142 g/mol. The van der Waals surface area contributed by atoms with Gasteiger partial charge in [0.2, 0.25) is 6.29 Å². The zero-order chi connectivity index (χ0) is 7.82. The Labute approximate surface area is 60.4 Å². The van der Waals surface area contributed by atoms with Gasteiger partial charge in [0, 0.05) is 13.5 Å². The van der Waals surface area contributed by atoms with Gasteiger partial charge in [0.1, 0.15) is 6.10 Å². The van der Waals surface area contributed by atoms with E-state index in [-0.39, 0.29) is 0 Å². The molecule has 1 unspecified atom stereocenters. The molecule has 3 heteroatoms. The van der Waals surface area contributed by atoms with Crippen LogP contribution in [0.4, 0.5) is 0 Å². The molecule has 0 aromatic carbocycles. The molecule has 0 aromatic heterocycles. The number of ether oxygens (including phenoxy) is 1. The van der Waals surface area contributed by atoms with Gasteiger partial charge in [0.15, 0.2) is 6.29 Å². The Balaban J connectivity index is 3.25. The van der Waals surface area contributed by atoms with Crippen LogP contribution in [0.1, 0.15) is 19.3 Å². The quantitative estimate of drug-likeness (QED) is 0.504. The topological polar surface area (TPSA) is 43.4 Å². The summed E-state index contributed by atoms with van der Waals surface area (Å²) in [6.07, 6.45) is 4.52. The average molecular weight is 142 g/mol. The molecule has 0 bridgehead atoms. The second-order valence-corrected chi connectivity index (χ2v) is 1.88. The lowest BCUT2D eigenvalue weighted by Gasteiger charge is -2.03. The van der Waals surface area contributed by atoms with Gasteiger partial charge in [-0.3, -0.25) is 9.59 Å². The zero-order valence-electron chi connectivity index (χ0n) is 5.92. The number of rotatable bonds is 6. The molecular formula is C7H10O3. The minimum atomic E-state index is -0.478. The van der Waals surface area contributed by atoms with Crippen molar-refractivity contribution in [2.75, 3.05) is 7.11 Å². The van der Waals surface area contributed by atoms with Gasteiger partial charge in [-0.05, 0) is 12.8 Å². The molecule has 0 saturated carbocycles. The van der Waals surface area contributed by atoms with E-state index < -0.39 is 6.10 Å². The molecular weight excluding hydrogens is 132 g/mol. The van der Waals surface area contributed by atoms with Gasteiger partial charge in [-0.1, -0.05) is 0 Å². The van der Waals surface area contributed by atoms with Gasteiger partial charge in [-0.25, -0.2) is 0 Å². The Hall–Kier alpha value is -0.700. The summed E-state index contributed by atoms with van der Waals surface area (Å²) >= 11 is 0. The first kappa shape index (κ1) is 9.30. The summed E-state index contributed by atoms with van der Waals surface area (Å²) in [5.41, 5.74) is 0. The van der Waals surface area contributed by atoms with Crippen molar-refractivity contribution >= 4 is 12.6 Å². The highest BCUT2D eigenvalue weighted by atomic mass is 16.5. The molecule has 0 amide bonds. The van der Waals surface area contributed by atoms with E-state index in [9.17, 15) is 9.59 Å². The van der Waals surface area contributed by atoms with Crippen LogP contribution in [0.5, 0.6) is 0 Å². The van der Waals surface area contributed by atoms with E-state index in [4.69, 9.17) is 4.74 Å². The number of hydrogen-bond donors (Lipinski definition) is 0. The van der Waals surface area contributed by atoms with E-state index in [1.165, 1.54) is 7.11 Å². The number of hydrogen-bond acceptors (Lipinski definition) is 3. The Morgan fingerprint density at radius 3 is 2.60 bits per heavy atom. The molecule has 0 aliphatic heterocycles. The molecule has 10 heavy (non-hydrogen) atoms. The van der Waals surface area contributed by atoms with Crippen molar-refractivity contribution in [2.24, 2.45) is 0 Å². The van der Waals surface area contributed by atoms with Crippen LogP contribution < -0.4 is 0 Å². The minimum Gasteiger partial charge on any atom is -0.373 e. The van der Waals surface area contributed by atoms with E-state index in [2.05, 4.69) is 0 Å². The van der Waals surface area contributed by atoms with E-state index in [1.54, 1.807) is 12.6 Å². The third kappa shape index (κ3) is 4.21. The van der Waals surface area contributed by atoms with E-state index in [0.717, 1.165) is 0 Å². The molecule has 0 heterocycles. The van der Waals surface area contributed by atoms with Crippen molar-refractivity contribution in [1.82, 2.24) is 0 Å². The standard InChI is InChI=1S/C7H10O3/c1-10-7(6-9)4-2-3-5-8/h7H,2-4H2,1H3. The third-order valence-corrected chi connectivity index (χ3v) is 1.16. The summed E-state index contributed by atoms with van der Waals surface area (Å²) in [5.74, 6) is 0. The van der Waals surface area contributed by atoms with Gasteiger partial charge in [0.25, 0.3) is 0 Å². The SMILES string of the molecule is COC([C]=O)CCC[C]=O. The molecule has 0 rings (SSSR count). The number of carbonyl (C=O) groups excluding carboxylic acids is 2. The fourth-order valence-corrected chi connectivity index (χ4v) is 0.585. The molecule has 2 radical (unpaired) electrons. The summed E-state index contributed by atoms with van der Waals surface area (Å²) in [4.78, 5) is 19.7. The Bertz CT molecular complexity index is 101. The van der Waals surface area contributed by atoms with Crippen molar-refractivity contribution in [3.05, 3.63) is 0 Å². The fraction of sp³-hybridized carbons (Fsp3) is 0.714. The smallest absolute Gasteiger partial charge is 0.229 e. The van der Waals surface area contributed by atoms with Crippen LogP contribution in [0.2, 0.25) is 0 Å². The summed E-state index contributed by atoms with van der Waals surface area (Å²) in [6, 6.07) is 0. The van der Waals surface area contributed by atoms with Gasteiger partial charge >= 0.3 is 0 Å². The lowest BCUT2D eigenvalue weighted by Crippen LogP contribution is -2.11. The molecule has 0 fully saturated rings. The molecule has 56 valence electrons. The van der Waals surface area contributed by atoms with Crippen LogP contribution in [0.15, 0.2) is 0 Å². The van der Waals surface area contributed by atoms with E-state index in [0.29, 0.717) is 19.3 Å². The van der Waals surface area contributed by atoms with Crippen molar-refractivity contribution in [3.63, 3.8) is 0 Å². The Morgan fingerprint density at radius 2 is 2.20 bits per heavy atom. The summed E-state index contributed by atoms with van der Waals surface area (Å²) in [6.45, 7) is 0. The van der Waals surface area contributed by atoms with Gasteiger partial charge < -0.3 is 4.74 Å². The summed E-state index contributed by atoms with van der Waals surface area (Å²) in [5, 5.41) is 0. The normalized spacial score (nSPS) is 12.5. The second-order valence-electron chi connectivity index (χ2n) is 1.88. The first-order chi connectivity index (χ1) is 4.85. The molecule has 0 N–H and O–H groups in total. The molecule has 0 saturated heterocycles. The minimum absolute atomic E-state index is 0.363. The summed E-state index contributed by atoms with van der Waals surface area (Å²) in [7, 11) is 1.44. The number of unbranched alkanes of at least 4 members (excludes halogenated alkanes) is 1.